The molecule has 0 amide bonds. The van der Waals surface area contributed by atoms with E-state index in [2.05, 4.69) is 4.72 Å². The highest BCUT2D eigenvalue weighted by Crippen LogP contribution is 2.25. The Morgan fingerprint density at radius 3 is 2.09 bits per heavy atom. The fraction of sp³-hybridized carbons (Fsp3) is 0.562. The molecule has 1 rings (SSSR count). The van der Waals surface area contributed by atoms with Gasteiger partial charge in [-0.05, 0) is 62.8 Å². The second kappa shape index (κ2) is 7.74. The molecule has 0 fully saturated rings. The maximum Gasteiger partial charge on any atom is 0.303 e. The van der Waals surface area contributed by atoms with Gasteiger partial charge in [-0.1, -0.05) is 12.5 Å². The zero-order chi connectivity index (χ0) is 16.9. The van der Waals surface area contributed by atoms with Crippen LogP contribution in [0.1, 0.15) is 47.9 Å². The maximum atomic E-state index is 12.5. The van der Waals surface area contributed by atoms with Crippen molar-refractivity contribution in [3.8, 4) is 0 Å². The lowest BCUT2D eigenvalue weighted by molar-refractivity contribution is -0.137. The molecule has 124 valence electrons. The van der Waals surface area contributed by atoms with Crippen LogP contribution in [0.4, 0.5) is 0 Å². The molecule has 1 aromatic rings. The highest BCUT2D eigenvalue weighted by molar-refractivity contribution is 7.89. The van der Waals surface area contributed by atoms with Gasteiger partial charge in [-0.15, -0.1) is 0 Å². The molecule has 1 aromatic carbocycles. The normalized spacial score (nSPS) is 11.6. The summed E-state index contributed by atoms with van der Waals surface area (Å²) in [5.74, 6) is -0.818. The SMILES string of the molecule is Cc1cc(C)c(C)c(S(=O)(=O)NCCCCCC(=O)O)c1C. The van der Waals surface area contributed by atoms with Crippen molar-refractivity contribution < 1.29 is 18.3 Å². The smallest absolute Gasteiger partial charge is 0.303 e. The van der Waals surface area contributed by atoms with Crippen molar-refractivity contribution in [3.05, 3.63) is 28.3 Å². The third-order valence-corrected chi connectivity index (χ3v) is 5.66. The van der Waals surface area contributed by atoms with E-state index < -0.39 is 16.0 Å². The molecule has 0 saturated carbocycles. The quantitative estimate of drug-likeness (QED) is 0.719. The summed E-state index contributed by atoms with van der Waals surface area (Å²) in [6.07, 6.45) is 2.02. The Morgan fingerprint density at radius 2 is 1.59 bits per heavy atom. The molecular weight excluding hydrogens is 302 g/mol. The molecule has 0 radical (unpaired) electrons. The van der Waals surface area contributed by atoms with Crippen molar-refractivity contribution >= 4 is 16.0 Å². The van der Waals surface area contributed by atoms with Gasteiger partial charge in [0.25, 0.3) is 0 Å². The van der Waals surface area contributed by atoms with E-state index in [0.29, 0.717) is 30.7 Å². The zero-order valence-corrected chi connectivity index (χ0v) is 14.5. The van der Waals surface area contributed by atoms with Crippen molar-refractivity contribution in [2.24, 2.45) is 0 Å². The minimum Gasteiger partial charge on any atom is -0.481 e. The van der Waals surface area contributed by atoms with Crippen molar-refractivity contribution in [1.29, 1.82) is 0 Å². The van der Waals surface area contributed by atoms with Crippen LogP contribution in [0.15, 0.2) is 11.0 Å². The van der Waals surface area contributed by atoms with E-state index in [1.54, 1.807) is 0 Å². The molecule has 0 saturated heterocycles. The van der Waals surface area contributed by atoms with Crippen LogP contribution >= 0.6 is 0 Å². The molecule has 2 N–H and O–H groups in total. The predicted molar refractivity (Wildman–Crippen MR) is 86.7 cm³/mol. The Balaban J connectivity index is 2.74. The van der Waals surface area contributed by atoms with Crippen LogP contribution in [0, 0.1) is 27.7 Å². The molecule has 0 spiro atoms. The number of benzene rings is 1. The summed E-state index contributed by atoms with van der Waals surface area (Å²) in [7, 11) is -3.54. The third-order valence-electron chi connectivity index (χ3n) is 3.93. The molecule has 0 bridgehead atoms. The lowest BCUT2D eigenvalue weighted by atomic mass is 10.0. The van der Waals surface area contributed by atoms with Crippen LogP contribution in [-0.2, 0) is 14.8 Å². The Labute approximate surface area is 132 Å². The molecular formula is C16H25NO4S. The molecule has 0 aromatic heterocycles. The molecule has 22 heavy (non-hydrogen) atoms. The average Bonchev–Trinajstić information content (AvgIpc) is 2.40. The maximum absolute atomic E-state index is 12.5. The first-order chi connectivity index (χ1) is 10.2. The van der Waals surface area contributed by atoms with E-state index in [1.165, 1.54) is 0 Å². The van der Waals surface area contributed by atoms with Crippen LogP contribution in [0.5, 0.6) is 0 Å². The molecule has 6 heteroatoms. The number of sulfonamides is 1. The van der Waals surface area contributed by atoms with Gasteiger partial charge in [-0.25, -0.2) is 13.1 Å². The second-order valence-electron chi connectivity index (χ2n) is 5.69. The number of carbonyl (C=O) groups is 1. The van der Waals surface area contributed by atoms with Gasteiger partial charge in [0.05, 0.1) is 4.90 Å². The Bertz CT molecular complexity index is 624. The van der Waals surface area contributed by atoms with E-state index >= 15 is 0 Å². The number of nitrogens with one attached hydrogen (secondary N) is 1. The highest BCUT2D eigenvalue weighted by Gasteiger charge is 2.21. The number of aryl methyl sites for hydroxylation is 2. The van der Waals surface area contributed by atoms with Crippen molar-refractivity contribution in [2.75, 3.05) is 6.54 Å². The average molecular weight is 327 g/mol. The Morgan fingerprint density at radius 1 is 1.05 bits per heavy atom. The van der Waals surface area contributed by atoms with Crippen molar-refractivity contribution in [2.45, 2.75) is 58.3 Å². The minimum absolute atomic E-state index is 0.127. The van der Waals surface area contributed by atoms with Crippen LogP contribution in [0.3, 0.4) is 0 Å². The number of aliphatic carboxylic acids is 1. The van der Waals surface area contributed by atoms with Gasteiger partial charge in [0.2, 0.25) is 10.0 Å². The zero-order valence-electron chi connectivity index (χ0n) is 13.7. The lowest BCUT2D eigenvalue weighted by Crippen LogP contribution is -2.26. The van der Waals surface area contributed by atoms with E-state index in [0.717, 1.165) is 22.3 Å². The van der Waals surface area contributed by atoms with Crippen LogP contribution in [0.25, 0.3) is 0 Å². The summed E-state index contributed by atoms with van der Waals surface area (Å²) in [5.41, 5.74) is 3.48. The summed E-state index contributed by atoms with van der Waals surface area (Å²) < 4.78 is 27.7. The van der Waals surface area contributed by atoms with Crippen LogP contribution in [-0.4, -0.2) is 26.0 Å². The van der Waals surface area contributed by atoms with Gasteiger partial charge in [-0.2, -0.15) is 0 Å². The number of carboxylic acid groups (broad SMARTS) is 1. The predicted octanol–water partition coefficient (Wildman–Crippen LogP) is 2.84. The van der Waals surface area contributed by atoms with Crippen molar-refractivity contribution in [3.63, 3.8) is 0 Å². The summed E-state index contributed by atoms with van der Waals surface area (Å²) >= 11 is 0. The fourth-order valence-electron chi connectivity index (χ4n) is 2.44. The van der Waals surface area contributed by atoms with Gasteiger partial charge < -0.3 is 5.11 Å². The minimum atomic E-state index is -3.54. The Kier molecular flexibility index (Phi) is 6.56. The van der Waals surface area contributed by atoms with E-state index in [4.69, 9.17) is 5.11 Å². The van der Waals surface area contributed by atoms with Gasteiger partial charge in [-0.3, -0.25) is 4.79 Å². The standard InChI is InChI=1S/C16H25NO4S/c1-11-10-12(2)14(4)16(13(11)3)22(20,21)17-9-7-5-6-8-15(18)19/h10,17H,5-9H2,1-4H3,(H,18,19). The second-order valence-corrected chi connectivity index (χ2v) is 7.40. The van der Waals surface area contributed by atoms with Crippen LogP contribution in [0.2, 0.25) is 0 Å². The number of carboxylic acids is 1. The first kappa shape index (κ1) is 18.6. The topological polar surface area (TPSA) is 83.5 Å². The molecule has 0 aliphatic heterocycles. The van der Waals surface area contributed by atoms with Crippen LogP contribution < -0.4 is 4.72 Å². The van der Waals surface area contributed by atoms with Gasteiger partial charge in [0, 0.05) is 13.0 Å². The largest absolute Gasteiger partial charge is 0.481 e. The third kappa shape index (κ3) is 4.81. The number of rotatable bonds is 8. The number of hydrogen-bond acceptors (Lipinski definition) is 3. The molecule has 0 aliphatic carbocycles. The summed E-state index contributed by atoms with van der Waals surface area (Å²) in [6, 6.07) is 2.00. The highest BCUT2D eigenvalue weighted by atomic mass is 32.2. The molecule has 0 heterocycles. The summed E-state index contributed by atoms with van der Waals surface area (Å²) in [5, 5.41) is 8.55. The van der Waals surface area contributed by atoms with E-state index in [-0.39, 0.29) is 6.42 Å². The van der Waals surface area contributed by atoms with Crippen molar-refractivity contribution in [1.82, 2.24) is 4.72 Å². The molecule has 0 atom stereocenters. The summed E-state index contributed by atoms with van der Waals surface area (Å²) in [6.45, 7) is 7.79. The summed E-state index contributed by atoms with van der Waals surface area (Å²) in [4.78, 5) is 10.8. The Hall–Kier alpha value is -1.40. The van der Waals surface area contributed by atoms with Gasteiger partial charge >= 0.3 is 5.97 Å². The number of hydrogen-bond donors (Lipinski definition) is 2. The first-order valence-corrected chi connectivity index (χ1v) is 8.94. The lowest BCUT2D eigenvalue weighted by Gasteiger charge is -2.16. The molecule has 5 nitrogen and oxygen atoms in total. The number of unbranched alkanes of at least 4 members (excludes halogenated alkanes) is 2. The molecule has 0 aliphatic rings. The first-order valence-electron chi connectivity index (χ1n) is 7.45. The van der Waals surface area contributed by atoms with Gasteiger partial charge in [0.1, 0.15) is 0 Å². The van der Waals surface area contributed by atoms with Gasteiger partial charge in [0.15, 0.2) is 0 Å². The fourth-order valence-corrected chi connectivity index (χ4v) is 4.13. The monoisotopic (exact) mass is 327 g/mol. The molecule has 0 unspecified atom stereocenters. The van der Waals surface area contributed by atoms with E-state index in [9.17, 15) is 13.2 Å². The van der Waals surface area contributed by atoms with E-state index in [1.807, 2.05) is 33.8 Å².